The van der Waals surface area contributed by atoms with Crippen LogP contribution in [-0.2, 0) is 4.79 Å². The first-order valence-electron chi connectivity index (χ1n) is 7.44. The fourth-order valence-corrected chi connectivity index (χ4v) is 1.98. The SMILES string of the molecule is CCCC(=O)Nc1ccc(O)c(C(C)NCC(C)CO)c1. The molecule has 0 aliphatic carbocycles. The third-order valence-electron chi connectivity index (χ3n) is 3.34. The maximum absolute atomic E-state index is 11.6. The number of nitrogens with one attached hydrogen (secondary N) is 2. The molecule has 0 heterocycles. The largest absolute Gasteiger partial charge is 0.508 e. The lowest BCUT2D eigenvalue weighted by Crippen LogP contribution is -2.26. The van der Waals surface area contributed by atoms with Gasteiger partial charge in [0.15, 0.2) is 0 Å². The Labute approximate surface area is 126 Å². The zero-order valence-corrected chi connectivity index (χ0v) is 13.0. The number of benzene rings is 1. The molecule has 1 rings (SSSR count). The lowest BCUT2D eigenvalue weighted by atomic mass is 10.0. The van der Waals surface area contributed by atoms with Crippen molar-refractivity contribution in [2.75, 3.05) is 18.5 Å². The molecule has 2 atom stereocenters. The van der Waals surface area contributed by atoms with Crippen LogP contribution in [0.4, 0.5) is 5.69 Å². The number of aromatic hydroxyl groups is 1. The molecule has 0 aromatic heterocycles. The molecule has 2 unspecified atom stereocenters. The van der Waals surface area contributed by atoms with E-state index in [4.69, 9.17) is 5.11 Å². The van der Waals surface area contributed by atoms with Crippen molar-refractivity contribution >= 4 is 11.6 Å². The van der Waals surface area contributed by atoms with Crippen LogP contribution < -0.4 is 10.6 Å². The van der Waals surface area contributed by atoms with Crippen LogP contribution in [0.3, 0.4) is 0 Å². The first-order valence-corrected chi connectivity index (χ1v) is 7.44. The molecule has 0 radical (unpaired) electrons. The smallest absolute Gasteiger partial charge is 0.224 e. The molecule has 0 aliphatic rings. The molecule has 0 spiro atoms. The summed E-state index contributed by atoms with van der Waals surface area (Å²) in [4.78, 5) is 11.6. The Morgan fingerprint density at radius 2 is 2.05 bits per heavy atom. The Morgan fingerprint density at radius 3 is 2.67 bits per heavy atom. The van der Waals surface area contributed by atoms with Crippen LogP contribution >= 0.6 is 0 Å². The van der Waals surface area contributed by atoms with E-state index in [-0.39, 0.29) is 30.2 Å². The van der Waals surface area contributed by atoms with E-state index in [1.807, 2.05) is 20.8 Å². The van der Waals surface area contributed by atoms with Crippen molar-refractivity contribution in [3.8, 4) is 5.75 Å². The summed E-state index contributed by atoms with van der Waals surface area (Å²) in [6.07, 6.45) is 1.28. The Morgan fingerprint density at radius 1 is 1.33 bits per heavy atom. The Hall–Kier alpha value is -1.59. The molecule has 1 aromatic carbocycles. The molecular formula is C16H26N2O3. The highest BCUT2D eigenvalue weighted by Gasteiger charge is 2.13. The summed E-state index contributed by atoms with van der Waals surface area (Å²) >= 11 is 0. The number of hydrogen-bond acceptors (Lipinski definition) is 4. The quantitative estimate of drug-likeness (QED) is 0.555. The van der Waals surface area contributed by atoms with Gasteiger partial charge in [0.1, 0.15) is 5.75 Å². The molecule has 118 valence electrons. The van der Waals surface area contributed by atoms with Crippen molar-refractivity contribution in [2.24, 2.45) is 5.92 Å². The fourth-order valence-electron chi connectivity index (χ4n) is 1.98. The number of carbonyl (C=O) groups excluding carboxylic acids is 1. The van der Waals surface area contributed by atoms with Crippen LogP contribution in [0.25, 0.3) is 0 Å². The number of aliphatic hydroxyl groups is 1. The van der Waals surface area contributed by atoms with Gasteiger partial charge in [0.25, 0.3) is 0 Å². The van der Waals surface area contributed by atoms with Gasteiger partial charge in [0.05, 0.1) is 0 Å². The predicted octanol–water partition coefficient (Wildman–Crippen LogP) is 2.41. The first-order chi connectivity index (χ1) is 9.97. The van der Waals surface area contributed by atoms with E-state index in [1.54, 1.807) is 18.2 Å². The molecular weight excluding hydrogens is 268 g/mol. The maximum atomic E-state index is 11.6. The molecule has 4 N–H and O–H groups in total. The summed E-state index contributed by atoms with van der Waals surface area (Å²) in [7, 11) is 0. The fraction of sp³-hybridized carbons (Fsp3) is 0.562. The second-order valence-corrected chi connectivity index (χ2v) is 5.49. The average molecular weight is 294 g/mol. The highest BCUT2D eigenvalue weighted by Crippen LogP contribution is 2.27. The van der Waals surface area contributed by atoms with E-state index in [2.05, 4.69) is 10.6 Å². The van der Waals surface area contributed by atoms with Crippen molar-refractivity contribution in [2.45, 2.75) is 39.7 Å². The van der Waals surface area contributed by atoms with Crippen molar-refractivity contribution in [3.63, 3.8) is 0 Å². The Bertz CT molecular complexity index is 463. The second-order valence-electron chi connectivity index (χ2n) is 5.49. The number of aliphatic hydroxyl groups excluding tert-OH is 1. The van der Waals surface area contributed by atoms with Crippen LogP contribution in [0.15, 0.2) is 18.2 Å². The average Bonchev–Trinajstić information content (AvgIpc) is 2.46. The van der Waals surface area contributed by atoms with Crippen LogP contribution in [0.1, 0.15) is 45.2 Å². The van der Waals surface area contributed by atoms with Crippen LogP contribution in [0.2, 0.25) is 0 Å². The molecule has 5 heteroatoms. The molecule has 0 bridgehead atoms. The van der Waals surface area contributed by atoms with Gasteiger partial charge in [-0.25, -0.2) is 0 Å². The van der Waals surface area contributed by atoms with Crippen molar-refractivity contribution in [3.05, 3.63) is 23.8 Å². The number of phenols is 1. The normalized spacial score (nSPS) is 13.7. The zero-order chi connectivity index (χ0) is 15.8. The zero-order valence-electron chi connectivity index (χ0n) is 13.0. The second kappa shape index (κ2) is 8.64. The Balaban J connectivity index is 2.74. The summed E-state index contributed by atoms with van der Waals surface area (Å²) in [6, 6.07) is 4.99. The van der Waals surface area contributed by atoms with Gasteiger partial charge in [0.2, 0.25) is 5.91 Å². The molecule has 0 saturated heterocycles. The third kappa shape index (κ3) is 5.73. The van der Waals surface area contributed by atoms with Gasteiger partial charge in [-0.1, -0.05) is 13.8 Å². The standard InChI is InChI=1S/C16H26N2O3/c1-4-5-16(21)18-13-6-7-15(20)14(8-13)12(3)17-9-11(2)10-19/h6-8,11-12,17,19-20H,4-5,9-10H2,1-3H3,(H,18,21). The summed E-state index contributed by atoms with van der Waals surface area (Å²) in [5.41, 5.74) is 1.42. The summed E-state index contributed by atoms with van der Waals surface area (Å²) in [6.45, 7) is 6.62. The first kappa shape index (κ1) is 17.5. The van der Waals surface area contributed by atoms with E-state index in [0.717, 1.165) is 12.0 Å². The summed E-state index contributed by atoms with van der Waals surface area (Å²) < 4.78 is 0. The molecule has 5 nitrogen and oxygen atoms in total. The summed E-state index contributed by atoms with van der Waals surface area (Å²) in [5, 5.41) is 25.1. The van der Waals surface area contributed by atoms with Gasteiger partial charge in [-0.3, -0.25) is 4.79 Å². The van der Waals surface area contributed by atoms with Crippen LogP contribution in [0, 0.1) is 5.92 Å². The highest BCUT2D eigenvalue weighted by atomic mass is 16.3. The number of rotatable bonds is 8. The van der Waals surface area contributed by atoms with Gasteiger partial charge < -0.3 is 20.8 Å². The number of amides is 1. The number of carbonyl (C=O) groups is 1. The Kier molecular flexibility index (Phi) is 7.19. The third-order valence-corrected chi connectivity index (χ3v) is 3.34. The van der Waals surface area contributed by atoms with Crippen molar-refractivity contribution in [1.29, 1.82) is 0 Å². The minimum atomic E-state index is -0.0676. The van der Waals surface area contributed by atoms with Crippen LogP contribution in [0.5, 0.6) is 5.75 Å². The van der Waals surface area contributed by atoms with Crippen molar-refractivity contribution in [1.82, 2.24) is 5.32 Å². The molecule has 21 heavy (non-hydrogen) atoms. The lowest BCUT2D eigenvalue weighted by Gasteiger charge is -2.19. The number of phenolic OH excluding ortho intramolecular Hbond substituents is 1. The molecule has 0 saturated carbocycles. The lowest BCUT2D eigenvalue weighted by molar-refractivity contribution is -0.116. The molecule has 1 amide bonds. The van der Waals surface area contributed by atoms with E-state index < -0.39 is 0 Å². The minimum absolute atomic E-state index is 0.0244. The van der Waals surface area contributed by atoms with Gasteiger partial charge >= 0.3 is 0 Å². The van der Waals surface area contributed by atoms with Crippen molar-refractivity contribution < 1.29 is 15.0 Å². The van der Waals surface area contributed by atoms with Gasteiger partial charge in [-0.2, -0.15) is 0 Å². The van der Waals surface area contributed by atoms with Gasteiger partial charge in [0, 0.05) is 36.9 Å². The predicted molar refractivity (Wildman–Crippen MR) is 84.3 cm³/mol. The highest BCUT2D eigenvalue weighted by molar-refractivity contribution is 5.90. The monoisotopic (exact) mass is 294 g/mol. The topological polar surface area (TPSA) is 81.6 Å². The van der Waals surface area contributed by atoms with E-state index in [9.17, 15) is 9.90 Å². The van der Waals surface area contributed by atoms with E-state index in [0.29, 0.717) is 18.7 Å². The van der Waals surface area contributed by atoms with Crippen LogP contribution in [-0.4, -0.2) is 29.3 Å². The van der Waals surface area contributed by atoms with Gasteiger partial charge in [-0.05, 0) is 37.5 Å². The number of anilines is 1. The van der Waals surface area contributed by atoms with E-state index >= 15 is 0 Å². The maximum Gasteiger partial charge on any atom is 0.224 e. The number of hydrogen-bond donors (Lipinski definition) is 4. The molecule has 0 aliphatic heterocycles. The minimum Gasteiger partial charge on any atom is -0.508 e. The summed E-state index contributed by atoms with van der Waals surface area (Å²) in [5.74, 6) is 0.325. The molecule has 1 aromatic rings. The van der Waals surface area contributed by atoms with Gasteiger partial charge in [-0.15, -0.1) is 0 Å². The van der Waals surface area contributed by atoms with E-state index in [1.165, 1.54) is 0 Å². The molecule has 0 fully saturated rings.